The smallest absolute Gasteiger partial charge is 0.303 e. The second kappa shape index (κ2) is 15.0. The second-order valence-electron chi connectivity index (χ2n) is 11.9. The minimum atomic E-state index is -0.843. The number of ether oxygens (including phenoxy) is 2. The molecule has 1 aromatic heterocycles. The number of carbonyl (C=O) groups is 2. The molecule has 8 heteroatoms. The molecule has 1 unspecified atom stereocenters. The normalized spacial score (nSPS) is 14.2. The van der Waals surface area contributed by atoms with Crippen LogP contribution in [-0.4, -0.2) is 66.6 Å². The number of para-hydroxylation sites is 3. The number of hydrogen-bond acceptors (Lipinski definition) is 6. The zero-order valence-corrected chi connectivity index (χ0v) is 26.7. The Morgan fingerprint density at radius 1 is 0.851 bits per heavy atom. The lowest BCUT2D eigenvalue weighted by atomic mass is 9.98. The van der Waals surface area contributed by atoms with Gasteiger partial charge in [-0.3, -0.25) is 14.5 Å². The maximum Gasteiger partial charge on any atom is 0.303 e. The van der Waals surface area contributed by atoms with Crippen molar-refractivity contribution in [2.45, 2.75) is 31.8 Å². The zero-order chi connectivity index (χ0) is 32.6. The van der Waals surface area contributed by atoms with Gasteiger partial charge in [-0.15, -0.1) is 0 Å². The molecule has 1 saturated heterocycles. The van der Waals surface area contributed by atoms with Crippen molar-refractivity contribution in [3.63, 3.8) is 0 Å². The van der Waals surface area contributed by atoms with Crippen molar-refractivity contribution in [3.8, 4) is 11.5 Å². The van der Waals surface area contributed by atoms with Gasteiger partial charge < -0.3 is 24.5 Å². The van der Waals surface area contributed by atoms with Gasteiger partial charge in [0.05, 0.1) is 18.4 Å². The van der Waals surface area contributed by atoms with Gasteiger partial charge in [0.25, 0.3) is 0 Å². The Morgan fingerprint density at radius 3 is 2.30 bits per heavy atom. The number of nitrogens with zero attached hydrogens (tertiary/aromatic N) is 2. The number of rotatable bonds is 14. The summed E-state index contributed by atoms with van der Waals surface area (Å²) in [4.78, 5) is 33.2. The average Bonchev–Trinajstić information content (AvgIpc) is 3.48. The number of aliphatic carboxylic acids is 1. The first kappa shape index (κ1) is 31.9. The number of nitrogens with one attached hydrogen (secondary N) is 1. The van der Waals surface area contributed by atoms with E-state index in [2.05, 4.69) is 39.0 Å². The van der Waals surface area contributed by atoms with E-state index in [-0.39, 0.29) is 18.3 Å². The Labute approximate surface area is 275 Å². The van der Waals surface area contributed by atoms with Gasteiger partial charge in [-0.25, -0.2) is 0 Å². The van der Waals surface area contributed by atoms with Crippen LogP contribution in [-0.2, 0) is 11.2 Å². The monoisotopic (exact) mass is 631 g/mol. The third-order valence-electron chi connectivity index (χ3n) is 8.90. The molecule has 0 radical (unpaired) electrons. The molecule has 5 aromatic rings. The molecule has 6 rings (SSSR count). The van der Waals surface area contributed by atoms with E-state index in [0.29, 0.717) is 29.7 Å². The van der Waals surface area contributed by atoms with Crippen LogP contribution in [0.15, 0.2) is 103 Å². The summed E-state index contributed by atoms with van der Waals surface area (Å²) in [5, 5.41) is 9.96. The number of benzene rings is 4. The van der Waals surface area contributed by atoms with Gasteiger partial charge in [-0.1, -0.05) is 60.7 Å². The molecule has 4 aromatic carbocycles. The summed E-state index contributed by atoms with van der Waals surface area (Å²) in [7, 11) is 1.72. The maximum absolute atomic E-state index is 13.8. The molecule has 0 aliphatic carbocycles. The van der Waals surface area contributed by atoms with E-state index >= 15 is 0 Å². The van der Waals surface area contributed by atoms with Crippen LogP contribution in [0.2, 0.25) is 0 Å². The highest BCUT2D eigenvalue weighted by Gasteiger charge is 2.23. The fourth-order valence-electron chi connectivity index (χ4n) is 6.42. The van der Waals surface area contributed by atoms with Gasteiger partial charge in [0.1, 0.15) is 17.6 Å². The molecule has 1 aliphatic rings. The molecular formula is C39H41N3O5. The number of piperazine rings is 1. The number of aromatic nitrogens is 1. The Bertz CT molecular complexity index is 1790. The minimum Gasteiger partial charge on any atom is -0.495 e. The van der Waals surface area contributed by atoms with Gasteiger partial charge in [-0.2, -0.15) is 0 Å². The molecule has 2 N–H and O–H groups in total. The summed E-state index contributed by atoms with van der Waals surface area (Å²) >= 11 is 0. The van der Waals surface area contributed by atoms with E-state index in [1.54, 1.807) is 7.11 Å². The molecule has 0 saturated carbocycles. The molecular weight excluding hydrogens is 590 g/mol. The van der Waals surface area contributed by atoms with E-state index in [9.17, 15) is 9.59 Å². The summed E-state index contributed by atoms with van der Waals surface area (Å²) < 4.78 is 12.2. The Hall–Kier alpha value is -5.08. The van der Waals surface area contributed by atoms with Crippen LogP contribution in [0, 0.1) is 0 Å². The largest absolute Gasteiger partial charge is 0.495 e. The number of hydrogen-bond donors (Lipinski definition) is 2. The van der Waals surface area contributed by atoms with Crippen molar-refractivity contribution in [1.82, 2.24) is 9.88 Å². The van der Waals surface area contributed by atoms with Crippen LogP contribution in [0.1, 0.15) is 52.5 Å². The number of aryl methyl sites for hydroxylation is 1. The van der Waals surface area contributed by atoms with Gasteiger partial charge in [0.15, 0.2) is 5.78 Å². The van der Waals surface area contributed by atoms with Crippen LogP contribution < -0.4 is 14.4 Å². The zero-order valence-electron chi connectivity index (χ0n) is 26.7. The predicted molar refractivity (Wildman–Crippen MR) is 185 cm³/mol. The van der Waals surface area contributed by atoms with Crippen LogP contribution >= 0.6 is 0 Å². The number of ketones is 1. The van der Waals surface area contributed by atoms with E-state index in [0.717, 1.165) is 72.7 Å². The molecule has 2 heterocycles. The highest BCUT2D eigenvalue weighted by molar-refractivity contribution is 6.17. The van der Waals surface area contributed by atoms with Crippen molar-refractivity contribution in [2.75, 3.05) is 44.7 Å². The number of aromatic amines is 1. The molecule has 0 amide bonds. The van der Waals surface area contributed by atoms with Gasteiger partial charge >= 0.3 is 5.97 Å². The van der Waals surface area contributed by atoms with Crippen LogP contribution in [0.5, 0.6) is 11.5 Å². The number of H-pyrrole nitrogens is 1. The van der Waals surface area contributed by atoms with Crippen molar-refractivity contribution >= 4 is 28.3 Å². The van der Waals surface area contributed by atoms with Crippen LogP contribution in [0.25, 0.3) is 10.9 Å². The number of anilines is 1. The number of carbonyl (C=O) groups excluding carboxylic acids is 1. The number of carboxylic acid groups (broad SMARTS) is 1. The van der Waals surface area contributed by atoms with Crippen LogP contribution in [0.3, 0.4) is 0 Å². The molecule has 1 atom stereocenters. The number of methoxy groups -OCH3 is 1. The van der Waals surface area contributed by atoms with E-state index in [1.807, 2.05) is 78.9 Å². The van der Waals surface area contributed by atoms with E-state index in [1.165, 1.54) is 0 Å². The van der Waals surface area contributed by atoms with Crippen molar-refractivity contribution in [3.05, 3.63) is 126 Å². The van der Waals surface area contributed by atoms with Crippen molar-refractivity contribution < 1.29 is 24.2 Å². The summed E-state index contributed by atoms with van der Waals surface area (Å²) in [6.45, 7) is 4.70. The van der Waals surface area contributed by atoms with Crippen molar-refractivity contribution in [2.24, 2.45) is 0 Å². The molecule has 1 aliphatic heterocycles. The predicted octanol–water partition coefficient (Wildman–Crippen LogP) is 7.15. The quantitative estimate of drug-likeness (QED) is 0.126. The summed E-state index contributed by atoms with van der Waals surface area (Å²) in [5.41, 5.74) is 5.06. The molecule has 47 heavy (non-hydrogen) atoms. The molecule has 0 spiro atoms. The fraction of sp³-hybridized carbons (Fsp3) is 0.282. The fourth-order valence-corrected chi connectivity index (χ4v) is 6.42. The summed E-state index contributed by atoms with van der Waals surface area (Å²) in [5.74, 6) is 0.678. The number of fused-ring (bicyclic) bond motifs is 1. The second-order valence-corrected chi connectivity index (χ2v) is 11.9. The van der Waals surface area contributed by atoms with Crippen molar-refractivity contribution in [1.29, 1.82) is 0 Å². The Kier molecular flexibility index (Phi) is 10.2. The first-order chi connectivity index (χ1) is 23.0. The van der Waals surface area contributed by atoms with E-state index < -0.39 is 5.97 Å². The SMILES string of the molecule is COc1ccccc1N1CCN(CCC(Oc2ccc(C(=O)c3c(CCCC(=O)O)[nH]c4ccccc34)cc2)c2ccccc2)CC1. The lowest BCUT2D eigenvalue weighted by Gasteiger charge is -2.37. The lowest BCUT2D eigenvalue weighted by molar-refractivity contribution is -0.137. The summed E-state index contributed by atoms with van der Waals surface area (Å²) in [6, 6.07) is 33.6. The average molecular weight is 632 g/mol. The minimum absolute atomic E-state index is 0.0523. The Balaban J connectivity index is 1.12. The highest BCUT2D eigenvalue weighted by atomic mass is 16.5. The third kappa shape index (κ3) is 7.67. The Morgan fingerprint density at radius 2 is 1.55 bits per heavy atom. The third-order valence-corrected chi connectivity index (χ3v) is 8.90. The van der Waals surface area contributed by atoms with Crippen LogP contribution in [0.4, 0.5) is 5.69 Å². The molecule has 242 valence electrons. The lowest BCUT2D eigenvalue weighted by Crippen LogP contribution is -2.47. The number of carboxylic acids is 1. The van der Waals surface area contributed by atoms with Gasteiger partial charge in [0, 0.05) is 67.7 Å². The van der Waals surface area contributed by atoms with Gasteiger partial charge in [0.2, 0.25) is 0 Å². The maximum atomic E-state index is 13.8. The first-order valence-electron chi connectivity index (χ1n) is 16.3. The molecule has 8 nitrogen and oxygen atoms in total. The topological polar surface area (TPSA) is 95.1 Å². The molecule has 0 bridgehead atoms. The molecule has 1 fully saturated rings. The standard InChI is InChI=1S/C39H41N3O5/c1-46-36-16-8-7-15-34(36)42-26-24-41(25-27-42)23-22-35(28-10-3-2-4-11-28)47-30-20-18-29(19-21-30)39(45)38-31-12-5-6-13-32(31)40-33(38)14-9-17-37(43)44/h2-8,10-13,15-16,18-21,35,40H,9,14,17,22-27H2,1H3,(H,43,44). The summed E-state index contributed by atoms with van der Waals surface area (Å²) in [6.07, 6.45) is 1.68. The highest BCUT2D eigenvalue weighted by Crippen LogP contribution is 2.31. The van der Waals surface area contributed by atoms with Gasteiger partial charge in [-0.05, 0) is 60.9 Å². The first-order valence-corrected chi connectivity index (χ1v) is 16.3. The van der Waals surface area contributed by atoms with E-state index in [4.69, 9.17) is 14.6 Å².